The van der Waals surface area contributed by atoms with E-state index in [-0.39, 0.29) is 11.8 Å². The highest BCUT2D eigenvalue weighted by Crippen LogP contribution is 2.34. The number of nitrogens with two attached hydrogens (primary N) is 1. The van der Waals surface area contributed by atoms with Crippen LogP contribution in [0.2, 0.25) is 0 Å². The molecule has 2 fully saturated rings. The minimum absolute atomic E-state index is 0.160. The Morgan fingerprint density at radius 3 is 2.47 bits per heavy atom. The molecule has 106 valence electrons. The minimum Gasteiger partial charge on any atom is -0.465 e. The van der Waals surface area contributed by atoms with Crippen molar-refractivity contribution in [2.24, 2.45) is 5.73 Å². The lowest BCUT2D eigenvalue weighted by Crippen LogP contribution is -2.47. The summed E-state index contributed by atoms with van der Waals surface area (Å²) in [5, 5.41) is 0. The quantitative estimate of drug-likeness (QED) is 0.896. The second-order valence-electron chi connectivity index (χ2n) is 5.34. The number of nitrogens with zero attached hydrogens (tertiary/aromatic N) is 1. The van der Waals surface area contributed by atoms with E-state index >= 15 is 0 Å². The van der Waals surface area contributed by atoms with E-state index in [9.17, 15) is 0 Å². The standard InChI is InChI=1S/C14H22N2O3/c1-11-2-3-13(19-11)12(10-15)16-6-4-14(5-7-16)17-8-9-18-14/h2-3,12H,4-10,15H2,1H3. The molecule has 0 bridgehead atoms. The van der Waals surface area contributed by atoms with Gasteiger partial charge in [0, 0.05) is 32.5 Å². The van der Waals surface area contributed by atoms with E-state index in [4.69, 9.17) is 19.6 Å². The Morgan fingerprint density at radius 1 is 1.26 bits per heavy atom. The van der Waals surface area contributed by atoms with Crippen molar-refractivity contribution >= 4 is 0 Å². The molecule has 0 radical (unpaired) electrons. The van der Waals surface area contributed by atoms with Crippen molar-refractivity contribution < 1.29 is 13.9 Å². The maximum Gasteiger partial charge on any atom is 0.170 e. The molecule has 19 heavy (non-hydrogen) atoms. The lowest BCUT2D eigenvalue weighted by molar-refractivity contribution is -0.188. The van der Waals surface area contributed by atoms with Gasteiger partial charge in [0.15, 0.2) is 5.79 Å². The fraction of sp³-hybridized carbons (Fsp3) is 0.714. The number of piperidine rings is 1. The second kappa shape index (κ2) is 5.25. The van der Waals surface area contributed by atoms with Gasteiger partial charge < -0.3 is 19.6 Å². The first-order valence-corrected chi connectivity index (χ1v) is 7.01. The summed E-state index contributed by atoms with van der Waals surface area (Å²) in [7, 11) is 0. The minimum atomic E-state index is -0.325. The predicted molar refractivity (Wildman–Crippen MR) is 70.7 cm³/mol. The van der Waals surface area contributed by atoms with Gasteiger partial charge in [0.1, 0.15) is 11.5 Å². The average molecular weight is 266 g/mol. The van der Waals surface area contributed by atoms with Crippen molar-refractivity contribution in [2.45, 2.75) is 31.6 Å². The van der Waals surface area contributed by atoms with E-state index in [0.717, 1.165) is 50.7 Å². The summed E-state index contributed by atoms with van der Waals surface area (Å²) in [4.78, 5) is 2.37. The van der Waals surface area contributed by atoms with E-state index < -0.39 is 0 Å². The van der Waals surface area contributed by atoms with Gasteiger partial charge in [-0.15, -0.1) is 0 Å². The molecule has 0 aliphatic carbocycles. The lowest BCUT2D eigenvalue weighted by atomic mass is 10.0. The molecule has 5 nitrogen and oxygen atoms in total. The van der Waals surface area contributed by atoms with Crippen LogP contribution in [-0.2, 0) is 9.47 Å². The maximum absolute atomic E-state index is 5.93. The highest BCUT2D eigenvalue weighted by molar-refractivity contribution is 5.11. The summed E-state index contributed by atoms with van der Waals surface area (Å²) in [5.74, 6) is 1.57. The summed E-state index contributed by atoms with van der Waals surface area (Å²) in [6, 6.07) is 4.18. The van der Waals surface area contributed by atoms with E-state index in [2.05, 4.69) is 4.90 Å². The number of likely N-dealkylation sites (tertiary alicyclic amines) is 1. The highest BCUT2D eigenvalue weighted by Gasteiger charge is 2.41. The van der Waals surface area contributed by atoms with Gasteiger partial charge in [0.2, 0.25) is 0 Å². The lowest BCUT2D eigenvalue weighted by Gasteiger charge is -2.40. The van der Waals surface area contributed by atoms with Gasteiger partial charge in [-0.2, -0.15) is 0 Å². The fourth-order valence-electron chi connectivity index (χ4n) is 3.04. The molecular weight excluding hydrogens is 244 g/mol. The zero-order valence-electron chi connectivity index (χ0n) is 11.4. The smallest absolute Gasteiger partial charge is 0.170 e. The molecule has 0 saturated carbocycles. The van der Waals surface area contributed by atoms with Crippen molar-refractivity contribution in [3.63, 3.8) is 0 Å². The van der Waals surface area contributed by atoms with Crippen LogP contribution in [0.15, 0.2) is 16.5 Å². The van der Waals surface area contributed by atoms with Crippen LogP contribution < -0.4 is 5.73 Å². The van der Waals surface area contributed by atoms with E-state index in [1.807, 2.05) is 19.1 Å². The molecule has 1 spiro atoms. The molecule has 3 rings (SSSR count). The van der Waals surface area contributed by atoms with E-state index in [1.165, 1.54) is 0 Å². The summed E-state index contributed by atoms with van der Waals surface area (Å²) in [6.45, 7) is 5.84. The van der Waals surface area contributed by atoms with Gasteiger partial charge >= 0.3 is 0 Å². The van der Waals surface area contributed by atoms with Gasteiger partial charge in [0.05, 0.1) is 19.3 Å². The number of hydrogen-bond donors (Lipinski definition) is 1. The van der Waals surface area contributed by atoms with Crippen LogP contribution in [0, 0.1) is 6.92 Å². The first-order valence-electron chi connectivity index (χ1n) is 7.01. The normalized spacial score (nSPS) is 24.9. The molecule has 2 saturated heterocycles. The zero-order chi connectivity index (χ0) is 13.3. The van der Waals surface area contributed by atoms with Gasteiger partial charge in [-0.05, 0) is 19.1 Å². The Morgan fingerprint density at radius 2 is 1.95 bits per heavy atom. The monoisotopic (exact) mass is 266 g/mol. The van der Waals surface area contributed by atoms with Crippen LogP contribution in [0.4, 0.5) is 0 Å². The highest BCUT2D eigenvalue weighted by atomic mass is 16.7. The van der Waals surface area contributed by atoms with Crippen molar-refractivity contribution in [1.29, 1.82) is 0 Å². The van der Waals surface area contributed by atoms with Crippen LogP contribution in [-0.4, -0.2) is 43.5 Å². The van der Waals surface area contributed by atoms with Crippen molar-refractivity contribution in [2.75, 3.05) is 32.8 Å². The van der Waals surface area contributed by atoms with Gasteiger partial charge in [-0.1, -0.05) is 0 Å². The molecule has 1 unspecified atom stereocenters. The number of ether oxygens (including phenoxy) is 2. The van der Waals surface area contributed by atoms with Gasteiger partial charge in [-0.25, -0.2) is 0 Å². The van der Waals surface area contributed by atoms with Crippen LogP contribution in [0.5, 0.6) is 0 Å². The Hall–Kier alpha value is -0.880. The Bertz CT molecular complexity index is 416. The number of aryl methyl sites for hydroxylation is 1. The number of furan rings is 1. The van der Waals surface area contributed by atoms with Crippen molar-refractivity contribution in [3.05, 3.63) is 23.7 Å². The second-order valence-corrected chi connectivity index (χ2v) is 5.34. The number of rotatable bonds is 3. The molecular formula is C14H22N2O3. The first kappa shape index (κ1) is 13.1. The van der Waals surface area contributed by atoms with Crippen LogP contribution in [0.3, 0.4) is 0 Å². The Balaban J connectivity index is 1.66. The van der Waals surface area contributed by atoms with Gasteiger partial charge in [-0.3, -0.25) is 4.90 Å². The largest absolute Gasteiger partial charge is 0.465 e. The fourth-order valence-corrected chi connectivity index (χ4v) is 3.04. The molecule has 1 aromatic heterocycles. The molecule has 2 aliphatic heterocycles. The maximum atomic E-state index is 5.93. The molecule has 1 aromatic rings. The van der Waals surface area contributed by atoms with Crippen LogP contribution in [0.1, 0.15) is 30.4 Å². The third-order valence-electron chi connectivity index (χ3n) is 4.13. The number of hydrogen-bond acceptors (Lipinski definition) is 5. The van der Waals surface area contributed by atoms with Crippen molar-refractivity contribution in [1.82, 2.24) is 4.90 Å². The SMILES string of the molecule is Cc1ccc(C(CN)N2CCC3(CC2)OCCO3)o1. The Labute approximate surface area is 113 Å². The topological polar surface area (TPSA) is 60.9 Å². The van der Waals surface area contributed by atoms with Crippen LogP contribution in [0.25, 0.3) is 0 Å². The molecule has 0 amide bonds. The van der Waals surface area contributed by atoms with Crippen molar-refractivity contribution in [3.8, 4) is 0 Å². The van der Waals surface area contributed by atoms with E-state index in [0.29, 0.717) is 6.54 Å². The average Bonchev–Trinajstić information content (AvgIpc) is 3.03. The summed E-state index contributed by atoms with van der Waals surface area (Å²) in [6.07, 6.45) is 1.81. The molecule has 2 aliphatic rings. The molecule has 2 N–H and O–H groups in total. The Kier molecular flexibility index (Phi) is 3.62. The van der Waals surface area contributed by atoms with Gasteiger partial charge in [0.25, 0.3) is 0 Å². The molecule has 3 heterocycles. The molecule has 0 aromatic carbocycles. The zero-order valence-corrected chi connectivity index (χ0v) is 11.4. The van der Waals surface area contributed by atoms with Crippen LogP contribution >= 0.6 is 0 Å². The molecule has 1 atom stereocenters. The first-order chi connectivity index (χ1) is 9.22. The van der Waals surface area contributed by atoms with E-state index in [1.54, 1.807) is 0 Å². The third kappa shape index (κ3) is 2.56. The summed E-state index contributed by atoms with van der Waals surface area (Å²) < 4.78 is 17.2. The summed E-state index contributed by atoms with van der Waals surface area (Å²) >= 11 is 0. The summed E-state index contributed by atoms with van der Waals surface area (Å²) in [5.41, 5.74) is 5.93. The third-order valence-corrected chi connectivity index (χ3v) is 4.13. The predicted octanol–water partition coefficient (Wildman–Crippen LogP) is 1.43. The molecule has 5 heteroatoms.